The van der Waals surface area contributed by atoms with Crippen LogP contribution in [0.2, 0.25) is 0 Å². The van der Waals surface area contributed by atoms with Crippen molar-refractivity contribution < 1.29 is 31.2 Å². The maximum atomic E-state index is 13.0. The zero-order valence-electron chi connectivity index (χ0n) is 15.6. The molecule has 11 heteroatoms. The molecule has 1 heterocycles. The molecular weight excluding hydrogens is 423 g/mol. The van der Waals surface area contributed by atoms with Crippen LogP contribution in [0.5, 0.6) is 0 Å². The number of nitrogens with zero attached hydrogens (tertiary/aromatic N) is 1. The van der Waals surface area contributed by atoms with Crippen molar-refractivity contribution in [1.29, 1.82) is 0 Å². The highest BCUT2D eigenvalue weighted by atomic mass is 32.2. The summed E-state index contributed by atoms with van der Waals surface area (Å²) in [5, 5.41) is 0. The molecule has 1 saturated heterocycles. The van der Waals surface area contributed by atoms with Gasteiger partial charge in [-0.25, -0.2) is 8.42 Å². The van der Waals surface area contributed by atoms with Gasteiger partial charge >= 0.3 is 6.18 Å². The van der Waals surface area contributed by atoms with E-state index in [1.54, 1.807) is 0 Å². The van der Waals surface area contributed by atoms with Crippen molar-refractivity contribution >= 4 is 21.8 Å². The van der Waals surface area contributed by atoms with Gasteiger partial charge in [-0.05, 0) is 43.2 Å². The molecule has 2 amide bonds. The Labute approximate surface area is 170 Å². The molecule has 1 aliphatic heterocycles. The third-order valence-electron chi connectivity index (χ3n) is 4.57. The molecule has 2 aromatic rings. The van der Waals surface area contributed by atoms with Crippen molar-refractivity contribution in [2.75, 3.05) is 13.1 Å². The minimum absolute atomic E-state index is 0.0697. The van der Waals surface area contributed by atoms with Crippen LogP contribution in [0, 0.1) is 0 Å². The van der Waals surface area contributed by atoms with E-state index in [0.29, 0.717) is 13.1 Å². The van der Waals surface area contributed by atoms with Crippen LogP contribution >= 0.6 is 0 Å². The normalized spacial score (nSPS) is 15.0. The monoisotopic (exact) mass is 441 g/mol. The summed E-state index contributed by atoms with van der Waals surface area (Å²) >= 11 is 0. The molecule has 7 nitrogen and oxygen atoms in total. The minimum Gasteiger partial charge on any atom is -0.267 e. The second kappa shape index (κ2) is 8.44. The number of amides is 2. The number of rotatable bonds is 4. The molecule has 1 aliphatic rings. The third-order valence-corrected chi connectivity index (χ3v) is 6.46. The van der Waals surface area contributed by atoms with Crippen LogP contribution < -0.4 is 10.9 Å². The fourth-order valence-corrected chi connectivity index (χ4v) is 4.62. The van der Waals surface area contributed by atoms with Crippen LogP contribution in [-0.2, 0) is 16.2 Å². The summed E-state index contributed by atoms with van der Waals surface area (Å²) in [4.78, 5) is 24.3. The highest BCUT2D eigenvalue weighted by Crippen LogP contribution is 2.31. The Kier molecular flexibility index (Phi) is 6.13. The average molecular weight is 441 g/mol. The Balaban J connectivity index is 1.73. The number of hydrogen-bond donors (Lipinski definition) is 2. The summed E-state index contributed by atoms with van der Waals surface area (Å²) in [5.41, 5.74) is 2.06. The van der Waals surface area contributed by atoms with Crippen molar-refractivity contribution in [1.82, 2.24) is 15.2 Å². The van der Waals surface area contributed by atoms with E-state index in [0.717, 1.165) is 37.1 Å². The van der Waals surface area contributed by atoms with E-state index in [1.165, 1.54) is 28.6 Å². The lowest BCUT2D eigenvalue weighted by Crippen LogP contribution is -2.42. The van der Waals surface area contributed by atoms with Gasteiger partial charge in [-0.3, -0.25) is 20.4 Å². The number of sulfonamides is 1. The topological polar surface area (TPSA) is 95.6 Å². The summed E-state index contributed by atoms with van der Waals surface area (Å²) in [6, 6.07) is 9.34. The van der Waals surface area contributed by atoms with Crippen LogP contribution in [0.1, 0.15) is 39.1 Å². The van der Waals surface area contributed by atoms with Crippen molar-refractivity contribution in [3.05, 3.63) is 65.2 Å². The number of benzene rings is 2. The Morgan fingerprint density at radius 1 is 0.900 bits per heavy atom. The SMILES string of the molecule is O=C(NNC(=O)c1ccccc1C(F)(F)F)c1cccc(S(=O)(=O)N2CCCC2)c1. The quantitative estimate of drug-likeness (QED) is 0.713. The van der Waals surface area contributed by atoms with Gasteiger partial charge < -0.3 is 0 Å². The highest BCUT2D eigenvalue weighted by molar-refractivity contribution is 7.89. The molecule has 1 fully saturated rings. The molecule has 30 heavy (non-hydrogen) atoms. The first-order chi connectivity index (χ1) is 14.1. The predicted octanol–water partition coefficient (Wildman–Crippen LogP) is 2.56. The second-order valence-corrected chi connectivity index (χ2v) is 8.53. The van der Waals surface area contributed by atoms with Gasteiger partial charge in [0.1, 0.15) is 0 Å². The van der Waals surface area contributed by atoms with E-state index in [1.807, 2.05) is 10.9 Å². The predicted molar refractivity (Wildman–Crippen MR) is 101 cm³/mol. The van der Waals surface area contributed by atoms with Gasteiger partial charge in [0.15, 0.2) is 0 Å². The number of hydrazine groups is 1. The molecule has 0 radical (unpaired) electrons. The maximum Gasteiger partial charge on any atom is 0.417 e. The van der Waals surface area contributed by atoms with Crippen molar-refractivity contribution in [2.45, 2.75) is 23.9 Å². The Hall–Kier alpha value is -2.92. The number of nitrogens with one attached hydrogen (secondary N) is 2. The summed E-state index contributed by atoms with van der Waals surface area (Å²) in [7, 11) is -3.75. The summed E-state index contributed by atoms with van der Waals surface area (Å²) < 4.78 is 65.6. The second-order valence-electron chi connectivity index (χ2n) is 6.59. The first kappa shape index (κ1) is 21.8. The summed E-state index contributed by atoms with van der Waals surface area (Å²) in [6.07, 6.45) is -3.23. The van der Waals surface area contributed by atoms with E-state index in [4.69, 9.17) is 0 Å². The Morgan fingerprint density at radius 3 is 2.20 bits per heavy atom. The van der Waals surface area contributed by atoms with Gasteiger partial charge in [-0.2, -0.15) is 17.5 Å². The molecule has 0 bridgehead atoms. The first-order valence-corrected chi connectivity index (χ1v) is 10.4. The van der Waals surface area contributed by atoms with Gasteiger partial charge in [-0.1, -0.05) is 18.2 Å². The van der Waals surface area contributed by atoms with Crippen molar-refractivity contribution in [3.63, 3.8) is 0 Å². The van der Waals surface area contributed by atoms with Gasteiger partial charge in [0.2, 0.25) is 10.0 Å². The number of carbonyl (C=O) groups is 2. The van der Waals surface area contributed by atoms with Crippen LogP contribution in [0.15, 0.2) is 53.4 Å². The first-order valence-electron chi connectivity index (χ1n) is 8.98. The number of halogens is 3. The van der Waals surface area contributed by atoms with E-state index in [9.17, 15) is 31.2 Å². The van der Waals surface area contributed by atoms with E-state index >= 15 is 0 Å². The van der Waals surface area contributed by atoms with Crippen LogP contribution in [0.3, 0.4) is 0 Å². The molecule has 0 spiro atoms. The van der Waals surface area contributed by atoms with Crippen LogP contribution in [0.25, 0.3) is 0 Å². The number of carbonyl (C=O) groups excluding carboxylic acids is 2. The zero-order chi connectivity index (χ0) is 21.9. The van der Waals surface area contributed by atoms with Gasteiger partial charge in [0, 0.05) is 18.7 Å². The number of hydrogen-bond acceptors (Lipinski definition) is 4. The van der Waals surface area contributed by atoms with Crippen LogP contribution in [0.4, 0.5) is 13.2 Å². The zero-order valence-corrected chi connectivity index (χ0v) is 16.4. The van der Waals surface area contributed by atoms with Gasteiger partial charge in [0.25, 0.3) is 11.8 Å². The molecule has 3 rings (SSSR count). The fraction of sp³-hybridized carbons (Fsp3) is 0.263. The smallest absolute Gasteiger partial charge is 0.267 e. The molecular formula is C19H18F3N3O4S. The Bertz CT molecular complexity index is 1060. The molecule has 0 unspecified atom stereocenters. The molecule has 2 aromatic carbocycles. The summed E-state index contributed by atoms with van der Waals surface area (Å²) in [6.45, 7) is 0.793. The highest BCUT2D eigenvalue weighted by Gasteiger charge is 2.35. The largest absolute Gasteiger partial charge is 0.417 e. The summed E-state index contributed by atoms with van der Waals surface area (Å²) in [5.74, 6) is -2.02. The lowest BCUT2D eigenvalue weighted by Gasteiger charge is -2.16. The molecule has 0 atom stereocenters. The van der Waals surface area contributed by atoms with E-state index in [-0.39, 0.29) is 10.5 Å². The van der Waals surface area contributed by atoms with E-state index in [2.05, 4.69) is 0 Å². The minimum atomic E-state index is -4.74. The lowest BCUT2D eigenvalue weighted by molar-refractivity contribution is -0.137. The third kappa shape index (κ3) is 4.62. The molecule has 0 aliphatic carbocycles. The van der Waals surface area contributed by atoms with Gasteiger partial charge in [0.05, 0.1) is 16.0 Å². The van der Waals surface area contributed by atoms with Crippen molar-refractivity contribution in [2.24, 2.45) is 0 Å². The molecule has 2 N–H and O–H groups in total. The molecule has 0 aromatic heterocycles. The average Bonchev–Trinajstić information content (AvgIpc) is 3.27. The van der Waals surface area contributed by atoms with E-state index < -0.39 is 39.1 Å². The molecule has 160 valence electrons. The Morgan fingerprint density at radius 2 is 1.53 bits per heavy atom. The standard InChI is InChI=1S/C19H18F3N3O4S/c20-19(21,22)16-9-2-1-8-15(16)18(27)24-23-17(26)13-6-5-7-14(12-13)30(28,29)25-10-3-4-11-25/h1-2,5-9,12H,3-4,10-11H2,(H,23,26)(H,24,27). The van der Waals surface area contributed by atoms with Crippen molar-refractivity contribution in [3.8, 4) is 0 Å². The fourth-order valence-electron chi connectivity index (χ4n) is 3.06. The molecule has 0 saturated carbocycles. The number of alkyl halides is 3. The lowest BCUT2D eigenvalue weighted by atomic mass is 10.1. The van der Waals surface area contributed by atoms with Crippen LogP contribution in [-0.4, -0.2) is 37.6 Å². The van der Waals surface area contributed by atoms with Gasteiger partial charge in [-0.15, -0.1) is 0 Å². The maximum absolute atomic E-state index is 13.0.